The van der Waals surface area contributed by atoms with Gasteiger partial charge < -0.3 is 30.4 Å². The largest absolute Gasteiger partial charge is 0.491 e. The Morgan fingerprint density at radius 2 is 1.81 bits per heavy atom. The molecule has 1 aromatic carbocycles. The number of hydrogen-bond acceptors (Lipinski definition) is 6. The van der Waals surface area contributed by atoms with Gasteiger partial charge in [0, 0.05) is 18.2 Å². The molecular weight excluding hydrogens is 356 g/mol. The summed E-state index contributed by atoms with van der Waals surface area (Å²) in [6.07, 6.45) is -0.120. The first-order valence-corrected chi connectivity index (χ1v) is 7.98. The molecule has 2 aromatic rings. The van der Waals surface area contributed by atoms with E-state index in [-0.39, 0.29) is 23.8 Å². The van der Waals surface area contributed by atoms with Crippen molar-refractivity contribution < 1.29 is 29.3 Å². The van der Waals surface area contributed by atoms with Crippen LogP contribution in [0.4, 0.5) is 5.82 Å². The number of pyridine rings is 1. The topological polar surface area (TPSA) is 152 Å². The van der Waals surface area contributed by atoms with E-state index in [0.717, 1.165) is 0 Å². The number of H-pyrrole nitrogens is 1. The molecule has 144 valence electrons. The fourth-order valence-electron chi connectivity index (χ4n) is 2.71. The summed E-state index contributed by atoms with van der Waals surface area (Å²) >= 11 is 0. The molecule has 0 aliphatic heterocycles. The van der Waals surface area contributed by atoms with Gasteiger partial charge in [-0.3, -0.25) is 4.79 Å². The Kier molecular flexibility index (Phi) is 5.86. The molecule has 9 heteroatoms. The van der Waals surface area contributed by atoms with E-state index in [1.54, 1.807) is 6.07 Å². The summed E-state index contributed by atoms with van der Waals surface area (Å²) in [5.41, 5.74) is 3.95. The van der Waals surface area contributed by atoms with E-state index in [4.69, 9.17) is 15.2 Å². The average molecular weight is 376 g/mol. The molecular formula is C18H20N2O7. The maximum Gasteiger partial charge on any atom is 0.342 e. The van der Waals surface area contributed by atoms with Crippen LogP contribution in [0.3, 0.4) is 0 Å². The number of carboxylic acid groups (broad SMARTS) is 2. The van der Waals surface area contributed by atoms with Crippen LogP contribution in [0.1, 0.15) is 40.1 Å². The van der Waals surface area contributed by atoms with Gasteiger partial charge in [-0.1, -0.05) is 6.07 Å². The van der Waals surface area contributed by atoms with E-state index in [0.29, 0.717) is 11.3 Å². The number of carbonyl (C=O) groups is 2. The second-order valence-electron chi connectivity index (χ2n) is 6.03. The average Bonchev–Trinajstić information content (AvgIpc) is 2.54. The summed E-state index contributed by atoms with van der Waals surface area (Å²) in [5.74, 6) is -2.95. The van der Waals surface area contributed by atoms with E-state index in [1.165, 1.54) is 19.2 Å². The summed E-state index contributed by atoms with van der Waals surface area (Å²) in [7, 11) is 1.47. The van der Waals surface area contributed by atoms with Crippen molar-refractivity contribution in [1.29, 1.82) is 0 Å². The Bertz CT molecular complexity index is 947. The molecule has 0 saturated carbocycles. The predicted octanol–water partition coefficient (Wildman–Crippen LogP) is 1.95. The molecule has 0 aliphatic carbocycles. The number of anilines is 1. The van der Waals surface area contributed by atoms with Gasteiger partial charge >= 0.3 is 11.9 Å². The van der Waals surface area contributed by atoms with Crippen molar-refractivity contribution in [3.8, 4) is 16.9 Å². The highest BCUT2D eigenvalue weighted by Crippen LogP contribution is 2.33. The third-order valence-corrected chi connectivity index (χ3v) is 3.68. The molecule has 0 saturated heterocycles. The Hall–Kier alpha value is -3.33. The number of aromatic carboxylic acids is 2. The van der Waals surface area contributed by atoms with E-state index in [2.05, 4.69) is 4.98 Å². The van der Waals surface area contributed by atoms with Crippen molar-refractivity contribution in [1.82, 2.24) is 4.98 Å². The zero-order chi connectivity index (χ0) is 20.3. The number of nitrogen functional groups attached to an aromatic ring is 1. The summed E-state index contributed by atoms with van der Waals surface area (Å²) in [6.45, 7) is 3.82. The van der Waals surface area contributed by atoms with Gasteiger partial charge in [0.2, 0.25) is 0 Å². The summed E-state index contributed by atoms with van der Waals surface area (Å²) in [4.78, 5) is 37.5. The highest BCUT2D eigenvalue weighted by atomic mass is 16.5. The van der Waals surface area contributed by atoms with Crippen LogP contribution in [0.2, 0.25) is 0 Å². The minimum absolute atomic E-state index is 0.120. The van der Waals surface area contributed by atoms with Crippen LogP contribution < -0.4 is 16.0 Å². The number of carboxylic acids is 2. The molecule has 0 amide bonds. The van der Waals surface area contributed by atoms with E-state index in [1.807, 2.05) is 13.8 Å². The highest BCUT2D eigenvalue weighted by molar-refractivity contribution is 6.07. The van der Waals surface area contributed by atoms with Crippen LogP contribution in [0.15, 0.2) is 23.0 Å². The Labute approximate surface area is 154 Å². The summed E-state index contributed by atoms with van der Waals surface area (Å²) < 4.78 is 10.8. The van der Waals surface area contributed by atoms with Crippen LogP contribution in [0.25, 0.3) is 11.1 Å². The van der Waals surface area contributed by atoms with Gasteiger partial charge in [-0.2, -0.15) is 0 Å². The van der Waals surface area contributed by atoms with Crippen molar-refractivity contribution in [2.75, 3.05) is 12.8 Å². The smallest absolute Gasteiger partial charge is 0.342 e. The minimum atomic E-state index is -1.57. The molecule has 0 spiro atoms. The molecule has 1 aromatic heterocycles. The minimum Gasteiger partial charge on any atom is -0.491 e. The standard InChI is InChI=1S/C18H20N2O7/c1-8(2)27-11-5-4-9(6-10(11)7-26-3)12-13(17(22)23)15(19)20-16(21)14(12)18(24)25/h4-6,8H,7H2,1-3H3,(H,22,23)(H,24,25)(H3,19,20,21). The van der Waals surface area contributed by atoms with Gasteiger partial charge in [0.05, 0.1) is 12.7 Å². The van der Waals surface area contributed by atoms with E-state index >= 15 is 0 Å². The molecule has 27 heavy (non-hydrogen) atoms. The lowest BCUT2D eigenvalue weighted by molar-refractivity contribution is 0.0695. The van der Waals surface area contributed by atoms with Gasteiger partial charge in [0.1, 0.15) is 22.7 Å². The zero-order valence-corrected chi connectivity index (χ0v) is 15.0. The molecule has 9 nitrogen and oxygen atoms in total. The maximum absolute atomic E-state index is 12.1. The second kappa shape index (κ2) is 7.92. The molecule has 0 fully saturated rings. The third kappa shape index (κ3) is 4.09. The molecule has 1 heterocycles. The molecule has 5 N–H and O–H groups in total. The number of hydrogen-bond donors (Lipinski definition) is 4. The Balaban J connectivity index is 2.84. The quantitative estimate of drug-likeness (QED) is 0.572. The molecule has 0 radical (unpaired) electrons. The number of ether oxygens (including phenoxy) is 2. The zero-order valence-electron chi connectivity index (χ0n) is 15.0. The van der Waals surface area contributed by atoms with Gasteiger partial charge in [0.25, 0.3) is 5.56 Å². The number of nitrogens with two attached hydrogens (primary N) is 1. The van der Waals surface area contributed by atoms with E-state index < -0.39 is 34.4 Å². The number of rotatable bonds is 7. The van der Waals surface area contributed by atoms with Gasteiger partial charge in [-0.05, 0) is 31.5 Å². The van der Waals surface area contributed by atoms with Crippen LogP contribution in [0, 0.1) is 0 Å². The van der Waals surface area contributed by atoms with Crippen LogP contribution in [-0.4, -0.2) is 40.3 Å². The molecule has 0 aliphatic rings. The summed E-state index contributed by atoms with van der Waals surface area (Å²) in [5, 5.41) is 19.0. The van der Waals surface area contributed by atoms with Crippen LogP contribution in [0.5, 0.6) is 5.75 Å². The fourth-order valence-corrected chi connectivity index (χ4v) is 2.71. The van der Waals surface area contributed by atoms with Crippen molar-refractivity contribution in [2.24, 2.45) is 0 Å². The molecule has 0 atom stereocenters. The lowest BCUT2D eigenvalue weighted by Gasteiger charge is -2.17. The molecule has 2 rings (SSSR count). The van der Waals surface area contributed by atoms with Crippen molar-refractivity contribution in [3.05, 3.63) is 45.2 Å². The number of aromatic nitrogens is 1. The number of benzene rings is 1. The monoisotopic (exact) mass is 376 g/mol. The maximum atomic E-state index is 12.1. The van der Waals surface area contributed by atoms with Crippen molar-refractivity contribution >= 4 is 17.8 Å². The van der Waals surface area contributed by atoms with Crippen molar-refractivity contribution in [2.45, 2.75) is 26.6 Å². The number of methoxy groups -OCH3 is 1. The number of nitrogens with one attached hydrogen (secondary N) is 1. The SMILES string of the molecule is COCc1cc(-c2c(C(=O)O)c(N)[nH]c(=O)c2C(=O)O)ccc1OC(C)C. The van der Waals surface area contributed by atoms with Gasteiger partial charge in [-0.25, -0.2) is 9.59 Å². The lowest BCUT2D eigenvalue weighted by atomic mass is 9.94. The van der Waals surface area contributed by atoms with Crippen LogP contribution in [-0.2, 0) is 11.3 Å². The van der Waals surface area contributed by atoms with Crippen LogP contribution >= 0.6 is 0 Å². The van der Waals surface area contributed by atoms with Crippen molar-refractivity contribution in [3.63, 3.8) is 0 Å². The molecule has 0 bridgehead atoms. The first kappa shape index (κ1) is 20.0. The Morgan fingerprint density at radius 3 is 2.33 bits per heavy atom. The Morgan fingerprint density at radius 1 is 1.19 bits per heavy atom. The number of aromatic amines is 1. The predicted molar refractivity (Wildman–Crippen MR) is 97.3 cm³/mol. The molecule has 0 unspecified atom stereocenters. The normalized spacial score (nSPS) is 10.8. The van der Waals surface area contributed by atoms with Gasteiger partial charge in [0.15, 0.2) is 0 Å². The highest BCUT2D eigenvalue weighted by Gasteiger charge is 2.27. The second-order valence-corrected chi connectivity index (χ2v) is 6.03. The fraction of sp³-hybridized carbons (Fsp3) is 0.278. The lowest BCUT2D eigenvalue weighted by Crippen LogP contribution is -2.24. The van der Waals surface area contributed by atoms with Gasteiger partial charge in [-0.15, -0.1) is 0 Å². The first-order chi connectivity index (χ1) is 12.7. The van der Waals surface area contributed by atoms with E-state index in [9.17, 15) is 24.6 Å². The first-order valence-electron chi connectivity index (χ1n) is 7.98. The third-order valence-electron chi connectivity index (χ3n) is 3.68. The summed E-state index contributed by atoms with van der Waals surface area (Å²) in [6, 6.07) is 4.57.